The largest absolute Gasteiger partial charge is 0.493 e. The summed E-state index contributed by atoms with van der Waals surface area (Å²) in [7, 11) is 1.27. The van der Waals surface area contributed by atoms with Crippen molar-refractivity contribution in [2.24, 2.45) is 0 Å². The number of ether oxygens (including phenoxy) is 3. The van der Waals surface area contributed by atoms with Gasteiger partial charge in [-0.15, -0.1) is 0 Å². The fourth-order valence-corrected chi connectivity index (χ4v) is 3.48. The molecule has 0 saturated carbocycles. The number of halogens is 4. The van der Waals surface area contributed by atoms with E-state index in [0.717, 1.165) is 17.8 Å². The van der Waals surface area contributed by atoms with Crippen molar-refractivity contribution in [1.82, 2.24) is 4.98 Å². The summed E-state index contributed by atoms with van der Waals surface area (Å²) in [6.07, 6.45) is -4.18. The fourth-order valence-electron chi connectivity index (χ4n) is 3.48. The van der Waals surface area contributed by atoms with E-state index in [4.69, 9.17) is 14.2 Å². The van der Waals surface area contributed by atoms with Crippen LogP contribution in [-0.4, -0.2) is 44.3 Å². The third-order valence-corrected chi connectivity index (χ3v) is 5.24. The Hall–Kier alpha value is -3.86. The predicted octanol–water partition coefficient (Wildman–Crippen LogP) is 5.13. The Balaban J connectivity index is 1.65. The van der Waals surface area contributed by atoms with Crippen molar-refractivity contribution in [1.29, 1.82) is 0 Å². The Morgan fingerprint density at radius 3 is 2.57 bits per heavy atom. The second-order valence-corrected chi connectivity index (χ2v) is 7.58. The number of morpholine rings is 1. The number of aromatic nitrogens is 1. The number of anilines is 2. The second kappa shape index (κ2) is 10.2. The van der Waals surface area contributed by atoms with Gasteiger partial charge in [-0.3, -0.25) is 4.79 Å². The molecule has 0 bridgehead atoms. The van der Waals surface area contributed by atoms with Crippen molar-refractivity contribution in [3.8, 4) is 17.4 Å². The van der Waals surface area contributed by atoms with Gasteiger partial charge in [0.2, 0.25) is 5.88 Å². The van der Waals surface area contributed by atoms with E-state index in [1.54, 1.807) is 18.2 Å². The summed E-state index contributed by atoms with van der Waals surface area (Å²) in [5.74, 6) is -1.91. The normalized spacial score (nSPS) is 13.9. The molecule has 184 valence electrons. The molecule has 1 amide bonds. The van der Waals surface area contributed by atoms with Gasteiger partial charge in [0.15, 0.2) is 11.5 Å². The molecule has 1 N–H and O–H groups in total. The Labute approximate surface area is 198 Å². The van der Waals surface area contributed by atoms with Crippen LogP contribution in [0.3, 0.4) is 0 Å². The van der Waals surface area contributed by atoms with Crippen LogP contribution in [0.15, 0.2) is 54.7 Å². The molecule has 0 atom stereocenters. The minimum atomic E-state index is -4.73. The maximum Gasteiger partial charge on any atom is 0.417 e. The van der Waals surface area contributed by atoms with Gasteiger partial charge in [0.05, 0.1) is 25.9 Å². The van der Waals surface area contributed by atoms with E-state index in [1.807, 2.05) is 6.07 Å². The summed E-state index contributed by atoms with van der Waals surface area (Å²) in [5, 5.41) is 2.60. The minimum absolute atomic E-state index is 0.0173. The molecule has 1 aliphatic rings. The summed E-state index contributed by atoms with van der Waals surface area (Å²) < 4.78 is 69.5. The molecular formula is C24H21F4N3O4. The van der Waals surface area contributed by atoms with Crippen molar-refractivity contribution >= 4 is 17.3 Å². The van der Waals surface area contributed by atoms with Crippen LogP contribution < -0.4 is 19.7 Å². The third-order valence-electron chi connectivity index (χ3n) is 5.24. The molecule has 11 heteroatoms. The lowest BCUT2D eigenvalue weighted by atomic mass is 10.1. The molecule has 1 aliphatic heterocycles. The molecule has 4 rings (SSSR count). The second-order valence-electron chi connectivity index (χ2n) is 7.58. The fraction of sp³-hybridized carbons (Fsp3) is 0.250. The zero-order valence-electron chi connectivity index (χ0n) is 18.6. The first-order valence-electron chi connectivity index (χ1n) is 10.6. The molecular weight excluding hydrogens is 470 g/mol. The van der Waals surface area contributed by atoms with E-state index in [-0.39, 0.29) is 11.5 Å². The number of carbonyl (C=O) groups is 1. The van der Waals surface area contributed by atoms with E-state index in [1.165, 1.54) is 13.2 Å². The maximum absolute atomic E-state index is 13.5. The van der Waals surface area contributed by atoms with Crippen molar-refractivity contribution in [2.45, 2.75) is 6.18 Å². The quantitative estimate of drug-likeness (QED) is 0.482. The van der Waals surface area contributed by atoms with Gasteiger partial charge in [-0.25, -0.2) is 9.37 Å². The highest BCUT2D eigenvalue weighted by atomic mass is 19.4. The lowest BCUT2D eigenvalue weighted by Crippen LogP contribution is -2.36. The van der Waals surface area contributed by atoms with Crippen LogP contribution in [0.25, 0.3) is 0 Å². The number of methoxy groups -OCH3 is 1. The molecule has 1 saturated heterocycles. The van der Waals surface area contributed by atoms with Gasteiger partial charge in [0.1, 0.15) is 11.4 Å². The molecule has 1 aromatic heterocycles. The van der Waals surface area contributed by atoms with Crippen LogP contribution in [0.4, 0.5) is 28.9 Å². The number of amides is 1. The number of nitrogens with zero attached hydrogens (tertiary/aromatic N) is 2. The molecule has 0 spiro atoms. The van der Waals surface area contributed by atoms with Crippen LogP contribution in [0.5, 0.6) is 17.4 Å². The summed E-state index contributed by atoms with van der Waals surface area (Å²) in [6.45, 7) is 2.49. The predicted molar refractivity (Wildman–Crippen MR) is 120 cm³/mol. The summed E-state index contributed by atoms with van der Waals surface area (Å²) in [4.78, 5) is 18.9. The van der Waals surface area contributed by atoms with Gasteiger partial charge < -0.3 is 24.4 Å². The number of carbonyl (C=O) groups excluding carboxylic acids is 1. The number of nitrogens with one attached hydrogen (secondary N) is 1. The molecule has 3 aromatic rings. The highest BCUT2D eigenvalue weighted by Gasteiger charge is 2.33. The van der Waals surface area contributed by atoms with Gasteiger partial charge in [0.25, 0.3) is 5.91 Å². The molecule has 0 aliphatic carbocycles. The molecule has 2 heterocycles. The van der Waals surface area contributed by atoms with Crippen molar-refractivity contribution in [2.75, 3.05) is 43.6 Å². The van der Waals surface area contributed by atoms with Crippen LogP contribution in [-0.2, 0) is 10.9 Å². The first kappa shape index (κ1) is 24.3. The van der Waals surface area contributed by atoms with Gasteiger partial charge in [-0.1, -0.05) is 6.07 Å². The molecule has 2 aromatic carbocycles. The lowest BCUT2D eigenvalue weighted by Gasteiger charge is -2.29. The molecule has 1 fully saturated rings. The van der Waals surface area contributed by atoms with Crippen molar-refractivity contribution < 1.29 is 36.6 Å². The highest BCUT2D eigenvalue weighted by molar-refractivity contribution is 6.06. The minimum Gasteiger partial charge on any atom is -0.493 e. The van der Waals surface area contributed by atoms with Gasteiger partial charge in [0, 0.05) is 36.7 Å². The topological polar surface area (TPSA) is 72.9 Å². The highest BCUT2D eigenvalue weighted by Crippen LogP contribution is 2.36. The smallest absolute Gasteiger partial charge is 0.417 e. The number of hydrogen-bond donors (Lipinski definition) is 1. The van der Waals surface area contributed by atoms with Gasteiger partial charge >= 0.3 is 6.18 Å². The molecule has 35 heavy (non-hydrogen) atoms. The molecule has 7 nitrogen and oxygen atoms in total. The van der Waals surface area contributed by atoms with E-state index in [0.29, 0.717) is 44.3 Å². The Morgan fingerprint density at radius 1 is 1.09 bits per heavy atom. The maximum atomic E-state index is 13.5. The zero-order valence-corrected chi connectivity index (χ0v) is 18.6. The van der Waals surface area contributed by atoms with Crippen LogP contribution in [0.1, 0.15) is 15.9 Å². The third kappa shape index (κ3) is 5.80. The summed E-state index contributed by atoms with van der Waals surface area (Å²) in [5.41, 5.74) is -0.367. The number of benzene rings is 2. The van der Waals surface area contributed by atoms with E-state index < -0.39 is 34.9 Å². The van der Waals surface area contributed by atoms with Crippen LogP contribution >= 0.6 is 0 Å². The van der Waals surface area contributed by atoms with E-state index in [2.05, 4.69) is 15.2 Å². The monoisotopic (exact) mass is 491 g/mol. The first-order chi connectivity index (χ1) is 16.7. The number of alkyl halides is 3. The standard InChI is InChI=1S/C24H21F4N3O4/c1-33-21-12-16(25)5-6-20(21)35-23-19(11-15(14-29-23)24(26,27)28)22(32)30-17-3-2-4-18(13-17)31-7-9-34-10-8-31/h2-6,11-14H,7-10H2,1H3,(H,30,32). The lowest BCUT2D eigenvalue weighted by molar-refractivity contribution is -0.137. The van der Waals surface area contributed by atoms with Gasteiger partial charge in [-0.2, -0.15) is 13.2 Å². The van der Waals surface area contributed by atoms with Crippen LogP contribution in [0, 0.1) is 5.82 Å². The Bertz CT molecular complexity index is 1210. The summed E-state index contributed by atoms with van der Waals surface area (Å²) in [6, 6.07) is 10.9. The van der Waals surface area contributed by atoms with Gasteiger partial charge in [-0.05, 0) is 36.4 Å². The number of pyridine rings is 1. The summed E-state index contributed by atoms with van der Waals surface area (Å²) >= 11 is 0. The SMILES string of the molecule is COc1cc(F)ccc1Oc1ncc(C(F)(F)F)cc1C(=O)Nc1cccc(N2CCOCC2)c1. The van der Waals surface area contributed by atoms with E-state index in [9.17, 15) is 22.4 Å². The zero-order chi connectivity index (χ0) is 25.0. The molecule has 0 unspecified atom stereocenters. The van der Waals surface area contributed by atoms with Crippen molar-refractivity contribution in [3.63, 3.8) is 0 Å². The van der Waals surface area contributed by atoms with Crippen molar-refractivity contribution in [3.05, 3.63) is 71.7 Å². The number of hydrogen-bond acceptors (Lipinski definition) is 6. The Morgan fingerprint density at radius 2 is 1.86 bits per heavy atom. The molecule has 0 radical (unpaired) electrons. The first-order valence-corrected chi connectivity index (χ1v) is 10.6. The van der Waals surface area contributed by atoms with Crippen LogP contribution in [0.2, 0.25) is 0 Å². The average molecular weight is 491 g/mol. The van der Waals surface area contributed by atoms with E-state index >= 15 is 0 Å². The average Bonchev–Trinajstić information content (AvgIpc) is 2.85. The number of rotatable bonds is 6. The Kier molecular flexibility index (Phi) is 7.06.